The van der Waals surface area contributed by atoms with Gasteiger partial charge in [0.25, 0.3) is 0 Å². The quantitative estimate of drug-likeness (QED) is 0.0257. The third kappa shape index (κ3) is 20.9. The molecule has 18 atom stereocenters. The summed E-state index contributed by atoms with van der Waals surface area (Å²) in [5.41, 5.74) is -2.62. The summed E-state index contributed by atoms with van der Waals surface area (Å²) in [6, 6.07) is 5.83. The zero-order valence-corrected chi connectivity index (χ0v) is 71.5. The summed E-state index contributed by atoms with van der Waals surface area (Å²) in [6.45, 7) is 3.57. The Morgan fingerprint density at radius 3 is 1.91 bits per heavy atom. The molecule has 8 heterocycles. The lowest BCUT2D eigenvalue weighted by Gasteiger charge is -2.40. The fourth-order valence-corrected chi connectivity index (χ4v) is 16.3. The molecule has 1 unspecified atom stereocenters. The number of carbonyl (C=O) groups excluding carboxylic acids is 7. The fraction of sp³-hybridized carbons (Fsp3) is 0.420. The van der Waals surface area contributed by atoms with Crippen LogP contribution in [0, 0.1) is 5.92 Å². The topological polar surface area (TPSA) is 567 Å². The number of hydrogen-bond donors (Lipinski definition) is 20. The monoisotopic (exact) mass is 1810 g/mol. The highest BCUT2D eigenvalue weighted by molar-refractivity contribution is 6.33. The largest absolute Gasteiger partial charge is 0.508 e. The number of hydrogen-bond acceptors (Lipinski definition) is 29. The summed E-state index contributed by atoms with van der Waals surface area (Å²) < 4.78 is 44.5. The summed E-state index contributed by atoms with van der Waals surface area (Å²) in [4.78, 5) is 132. The summed E-state index contributed by atoms with van der Waals surface area (Å²) in [5.74, 6) is -17.3. The van der Waals surface area contributed by atoms with E-state index in [0.717, 1.165) is 92.4 Å². The maximum absolute atomic E-state index is 16.9. The number of aliphatic hydroxyl groups excluding tert-OH is 8. The van der Waals surface area contributed by atoms with E-state index in [9.17, 15) is 71.2 Å². The molecule has 7 amide bonds. The number of carboxylic acids is 1. The molecule has 684 valence electrons. The SMILES string of the molecule is CC(C)CCCCCCCC(O)=N[C@@H]1C(Oc2c3cc4cc2Oc2ccc(cc2Cl)[C@H](O)[C@H]2NC(=O)[C@H](NC(=O)[C@H]4NC(=O)[C@@H]4NC(=O)[C@H](Cc5ccc(cc5)O3)NC(=O)[C@@H](N(C)C)c3ccc(O)c(c3)Oc3cc(O)c(Cl)c4c3)c3ccc(O)c(c3)-c3c(O[C@H]4O[C@H](CO)[C@@H](O)[C@H](O)[C@@H]4O)cc(O)cc3[C@@H](C(=O)NCCCN(C)C)NC2=O)O[C@@H](C(=O)O)[C@H](O)[C@H]1O. The molecular weight excluding hydrogens is 1720 g/mol. The maximum atomic E-state index is 16.9. The molecule has 17 bridgehead atoms. The number of halogens is 2. The Bertz CT molecular complexity index is 5370. The molecule has 0 aromatic heterocycles. The van der Waals surface area contributed by atoms with E-state index in [1.807, 2.05) is 0 Å². The van der Waals surface area contributed by atoms with Crippen LogP contribution >= 0.6 is 23.2 Å². The average molecular weight is 1820 g/mol. The first-order valence-electron chi connectivity index (χ1n) is 41.3. The maximum Gasteiger partial charge on any atom is 0.335 e. The van der Waals surface area contributed by atoms with Gasteiger partial charge in [-0.05, 0) is 160 Å². The van der Waals surface area contributed by atoms with Crippen LogP contribution in [0.15, 0.2) is 120 Å². The normalized spacial score (nSPS) is 26.1. The van der Waals surface area contributed by atoms with Crippen LogP contribution in [-0.4, -0.2) is 251 Å². The average Bonchev–Trinajstić information content (AvgIpc) is 0.754. The number of phenols is 4. The van der Waals surface area contributed by atoms with E-state index in [4.69, 9.17) is 56.4 Å². The molecule has 15 rings (SSSR count). The van der Waals surface area contributed by atoms with E-state index in [0.29, 0.717) is 30.9 Å². The number of nitrogens with zero attached hydrogens (tertiary/aromatic N) is 3. The number of amides is 7. The van der Waals surface area contributed by atoms with Crippen molar-refractivity contribution in [3.63, 3.8) is 0 Å². The Labute approximate surface area is 742 Å². The second-order valence-corrected chi connectivity index (χ2v) is 33.7. The summed E-state index contributed by atoms with van der Waals surface area (Å²) >= 11 is 14.3. The van der Waals surface area contributed by atoms with Crippen LogP contribution in [0.1, 0.15) is 140 Å². The van der Waals surface area contributed by atoms with Crippen molar-refractivity contribution in [3.8, 4) is 80.1 Å². The van der Waals surface area contributed by atoms with E-state index in [2.05, 4.69) is 56.1 Å². The lowest BCUT2D eigenvalue weighted by molar-refractivity contribution is -0.277. The number of carboxylic acid groups (broad SMARTS) is 1. The Hall–Kier alpha value is -11.9. The Kier molecular flexibility index (Phi) is 29.4. The number of aromatic hydroxyl groups is 4. The van der Waals surface area contributed by atoms with E-state index < -0.39 is 271 Å². The van der Waals surface area contributed by atoms with Gasteiger partial charge in [0.15, 0.2) is 35.0 Å². The van der Waals surface area contributed by atoms with Crippen LogP contribution in [0.4, 0.5) is 0 Å². The van der Waals surface area contributed by atoms with Crippen molar-refractivity contribution >= 4 is 76.4 Å². The second-order valence-electron chi connectivity index (χ2n) is 32.9. The molecule has 2 fully saturated rings. The number of unbranched alkanes of at least 4 members (excludes halogenated alkanes) is 4. The number of fused-ring (bicyclic) bond motifs is 14. The molecule has 20 N–H and O–H groups in total. The first kappa shape index (κ1) is 93.7. The van der Waals surface area contributed by atoms with Crippen molar-refractivity contribution in [1.29, 1.82) is 0 Å². The molecule has 2 saturated heterocycles. The van der Waals surface area contributed by atoms with Crippen molar-refractivity contribution in [2.24, 2.45) is 10.9 Å². The van der Waals surface area contributed by atoms with Crippen LogP contribution in [-0.2, 0) is 54.3 Å². The predicted molar refractivity (Wildman–Crippen MR) is 454 cm³/mol. The molecule has 8 aliphatic rings. The molecule has 128 heavy (non-hydrogen) atoms. The standard InChI is InChI=1S/C88H100Cl2N10O28/c1-38(2)13-10-8-7-9-11-14-61(106)93-69-73(109)75(111)78(86(120)121)128-87(69)127-77-58-31-43-32-59(77)124-55-24-19-42(29-50(55)89)71(107)68-84(118)97-66(80(114)91-25-12-26-99(3)4)48-33-44(102)34-57(125-88-76(112)74(110)72(108)60(37-101)126-88)62(48)47-28-40(17-22-52(47)103)64(81(115)98-68)94-82(116)65(43)95-83(117)67-49-35-46(36-54(105)63(49)90)123-56-30-41(18-23-53(56)104)70(100(5)6)85(119)92-51(79(113)96-67)27-39-15-20-45(122-58)21-16-39/h15-24,28-36,38,51,60,64-76,78,87-88,101-105,107-112H,7-14,25-27,37H2,1-6H3,(H,91,114)(H,92,119)(H,93,106)(H,94,116)(H,95,117)(H,96,113)(H,97,118)(H,98,115)(H,120,121)/t51-,60+,64+,65-,66-,67+,68+,69-,70-,71-,72+,73-,74-,75+,76-,78+,87?,88-/m0/s1. The molecule has 7 aromatic carbocycles. The number of aliphatic carboxylic acids is 1. The lowest BCUT2D eigenvalue weighted by Crippen LogP contribution is -2.60. The molecule has 0 aliphatic carbocycles. The first-order valence-corrected chi connectivity index (χ1v) is 42.1. The highest BCUT2D eigenvalue weighted by Gasteiger charge is 2.52. The number of aliphatic imine (C=N–C) groups is 1. The third-order valence-corrected chi connectivity index (χ3v) is 23.3. The lowest BCUT2D eigenvalue weighted by atomic mass is 9.89. The highest BCUT2D eigenvalue weighted by atomic mass is 35.5. The number of ether oxygens (including phenoxy) is 7. The van der Waals surface area contributed by atoms with E-state index in [-0.39, 0.29) is 47.8 Å². The van der Waals surface area contributed by atoms with Crippen molar-refractivity contribution in [3.05, 3.63) is 164 Å². The minimum Gasteiger partial charge on any atom is -0.508 e. The number of rotatable bonds is 21. The zero-order valence-electron chi connectivity index (χ0n) is 70.0. The number of phenolic OH excluding ortho intramolecular Hbond substituents is 4. The second kappa shape index (κ2) is 40.2. The molecule has 8 aliphatic heterocycles. The van der Waals surface area contributed by atoms with Crippen LogP contribution in [0.5, 0.6) is 69.0 Å². The molecule has 0 spiro atoms. The van der Waals surface area contributed by atoms with Gasteiger partial charge in [0.2, 0.25) is 59.7 Å². The van der Waals surface area contributed by atoms with Crippen molar-refractivity contribution < 1.29 is 138 Å². The van der Waals surface area contributed by atoms with Gasteiger partial charge in [-0.2, -0.15) is 0 Å². The number of likely N-dealkylation sites (N-methyl/N-ethyl adjacent to an activating group) is 1. The van der Waals surface area contributed by atoms with Gasteiger partial charge in [-0.25, -0.2) is 9.79 Å². The molecule has 0 saturated carbocycles. The first-order chi connectivity index (χ1) is 60.9. The molecule has 0 radical (unpaired) electrons. The molecular formula is C88H100Cl2N10O28. The van der Waals surface area contributed by atoms with Crippen LogP contribution in [0.25, 0.3) is 11.1 Å². The van der Waals surface area contributed by atoms with Crippen molar-refractivity contribution in [1.82, 2.24) is 47.0 Å². The number of benzene rings is 7. The molecule has 40 heteroatoms. The van der Waals surface area contributed by atoms with E-state index in [1.54, 1.807) is 33.1 Å². The highest BCUT2D eigenvalue weighted by Crippen LogP contribution is 2.51. The fourth-order valence-electron chi connectivity index (χ4n) is 15.9. The third-order valence-electron chi connectivity index (χ3n) is 22.6. The van der Waals surface area contributed by atoms with Gasteiger partial charge in [-0.1, -0.05) is 99.5 Å². The van der Waals surface area contributed by atoms with Gasteiger partial charge in [-0.3, -0.25) is 38.5 Å². The Morgan fingerprint density at radius 1 is 0.562 bits per heavy atom. The van der Waals surface area contributed by atoms with Gasteiger partial charge >= 0.3 is 5.97 Å². The minimum absolute atomic E-state index is 0.0926. The van der Waals surface area contributed by atoms with Crippen LogP contribution < -0.4 is 60.9 Å². The molecule has 7 aromatic rings. The van der Waals surface area contributed by atoms with Crippen molar-refractivity contribution in [2.75, 3.05) is 47.9 Å². The smallest absolute Gasteiger partial charge is 0.335 e. The van der Waals surface area contributed by atoms with E-state index in [1.165, 1.54) is 53.4 Å². The van der Waals surface area contributed by atoms with Gasteiger partial charge in [0, 0.05) is 48.2 Å². The molecule has 38 nitrogen and oxygen atoms in total. The van der Waals surface area contributed by atoms with Crippen LogP contribution in [0.2, 0.25) is 10.0 Å². The summed E-state index contributed by atoms with van der Waals surface area (Å²) in [6.07, 6.45) is -16.8. The predicted octanol–water partition coefficient (Wildman–Crippen LogP) is 4.96. The zero-order chi connectivity index (χ0) is 92.1. The van der Waals surface area contributed by atoms with Gasteiger partial charge in [0.05, 0.1) is 16.7 Å². The number of carbonyl (C=O) groups is 8. The van der Waals surface area contributed by atoms with Gasteiger partial charge < -0.3 is 142 Å². The minimum atomic E-state index is -2.45. The number of aliphatic hydroxyl groups is 8. The summed E-state index contributed by atoms with van der Waals surface area (Å²) in [5, 5.41) is 168. The number of nitrogens with one attached hydrogen (secondary N) is 7. The van der Waals surface area contributed by atoms with E-state index >= 15 is 33.6 Å². The van der Waals surface area contributed by atoms with Crippen LogP contribution in [0.3, 0.4) is 0 Å². The Balaban J connectivity index is 1.06. The summed E-state index contributed by atoms with van der Waals surface area (Å²) in [7, 11) is 6.63. The van der Waals surface area contributed by atoms with Gasteiger partial charge in [0.1, 0.15) is 131 Å². The van der Waals surface area contributed by atoms with Gasteiger partial charge in [-0.15, -0.1) is 0 Å². The van der Waals surface area contributed by atoms with Crippen molar-refractivity contribution in [2.45, 2.75) is 181 Å². The Morgan fingerprint density at radius 2 is 1.21 bits per heavy atom.